The largest absolute Gasteiger partial charge is 0.274 e. The molecule has 1 heterocycles. The maximum Gasteiger partial charge on any atom is 0.271 e. The predicted molar refractivity (Wildman–Crippen MR) is 151 cm³/mol. The topological polar surface area (TPSA) is 78.8 Å². The minimum absolute atomic E-state index is 0.327. The SMILES string of the molecule is O=C(N/N=C/C12c3ccccc3C(c3ccccc31)[C@H]1C(=O)N(c3ccc(F)cc3)C(=O)[C@H]12)c1ccc(Br)cc1. The molecule has 2 atom stereocenters. The molecule has 1 aliphatic heterocycles. The summed E-state index contributed by atoms with van der Waals surface area (Å²) in [5, 5.41) is 4.42. The third-order valence-corrected chi connectivity index (χ3v) is 8.84. The number of benzene rings is 4. The van der Waals surface area contributed by atoms with Gasteiger partial charge in [0.05, 0.1) is 22.9 Å². The van der Waals surface area contributed by atoms with E-state index in [9.17, 15) is 18.8 Å². The summed E-state index contributed by atoms with van der Waals surface area (Å²) in [6.45, 7) is 0. The number of hydrogen-bond acceptors (Lipinski definition) is 4. The molecule has 40 heavy (non-hydrogen) atoms. The molecule has 6 nitrogen and oxygen atoms in total. The minimum Gasteiger partial charge on any atom is -0.274 e. The summed E-state index contributed by atoms with van der Waals surface area (Å²) in [6.07, 6.45) is 1.62. The van der Waals surface area contributed by atoms with Crippen LogP contribution in [0, 0.1) is 17.7 Å². The molecule has 1 fully saturated rings. The van der Waals surface area contributed by atoms with Gasteiger partial charge in [0.2, 0.25) is 11.8 Å². The normalized spacial score (nSPS) is 24.1. The zero-order valence-electron chi connectivity index (χ0n) is 20.9. The van der Waals surface area contributed by atoms with E-state index >= 15 is 0 Å². The van der Waals surface area contributed by atoms with E-state index < -0.39 is 29.0 Å². The van der Waals surface area contributed by atoms with Crippen LogP contribution in [0.2, 0.25) is 0 Å². The standard InChI is InChI=1S/C32H21BrFN3O3/c33-19-11-9-18(10-12-19)29(38)36-35-17-32-24-7-3-1-5-22(24)26(23-6-2-4-8-25(23)32)27-28(32)31(40)37(30(27)39)21-15-13-20(34)14-16-21/h1-17,26-28H,(H,36,38)/b35-17+/t26?,27-,28+,32?/m1/s1. The summed E-state index contributed by atoms with van der Waals surface area (Å²) in [5.41, 5.74) is 5.93. The molecule has 3 aliphatic carbocycles. The second-order valence-corrected chi connectivity index (χ2v) is 11.1. The molecule has 2 bridgehead atoms. The number of amides is 3. The summed E-state index contributed by atoms with van der Waals surface area (Å²) in [6, 6.07) is 27.9. The van der Waals surface area contributed by atoms with Crippen molar-refractivity contribution in [2.45, 2.75) is 11.3 Å². The molecule has 8 rings (SSSR count). The predicted octanol–water partition coefficient (Wildman–Crippen LogP) is 5.55. The Hall–Kier alpha value is -4.43. The van der Waals surface area contributed by atoms with Gasteiger partial charge in [-0.05, 0) is 70.8 Å². The summed E-state index contributed by atoms with van der Waals surface area (Å²) in [7, 11) is 0. The first kappa shape index (κ1) is 24.6. The molecule has 8 heteroatoms. The van der Waals surface area contributed by atoms with E-state index in [0.29, 0.717) is 11.3 Å². The van der Waals surface area contributed by atoms with Crippen LogP contribution >= 0.6 is 15.9 Å². The Labute approximate surface area is 237 Å². The fourth-order valence-electron chi connectivity index (χ4n) is 6.75. The van der Waals surface area contributed by atoms with Gasteiger partial charge in [-0.2, -0.15) is 5.10 Å². The van der Waals surface area contributed by atoms with Gasteiger partial charge in [0.1, 0.15) is 5.82 Å². The molecule has 4 aromatic rings. The van der Waals surface area contributed by atoms with E-state index in [0.717, 1.165) is 26.7 Å². The first-order chi connectivity index (χ1) is 19.4. The van der Waals surface area contributed by atoms with Gasteiger partial charge < -0.3 is 0 Å². The van der Waals surface area contributed by atoms with Gasteiger partial charge in [-0.25, -0.2) is 14.7 Å². The number of imide groups is 1. The van der Waals surface area contributed by atoms with Crippen molar-refractivity contribution in [3.05, 3.63) is 135 Å². The number of carbonyl (C=O) groups excluding carboxylic acids is 3. The zero-order chi connectivity index (χ0) is 27.6. The van der Waals surface area contributed by atoms with Crippen LogP contribution in [0.3, 0.4) is 0 Å². The van der Waals surface area contributed by atoms with Crippen molar-refractivity contribution in [3.8, 4) is 0 Å². The third kappa shape index (κ3) is 3.38. The van der Waals surface area contributed by atoms with E-state index in [4.69, 9.17) is 0 Å². The van der Waals surface area contributed by atoms with E-state index in [2.05, 4.69) is 26.5 Å². The highest BCUT2D eigenvalue weighted by atomic mass is 79.9. The van der Waals surface area contributed by atoms with Crippen LogP contribution in [0.25, 0.3) is 0 Å². The Morgan fingerprint density at radius 1 is 0.850 bits per heavy atom. The van der Waals surface area contributed by atoms with E-state index in [1.807, 2.05) is 48.5 Å². The smallest absolute Gasteiger partial charge is 0.271 e. The van der Waals surface area contributed by atoms with Gasteiger partial charge in [0.15, 0.2) is 0 Å². The molecule has 4 aromatic carbocycles. The molecule has 0 radical (unpaired) electrons. The average molecular weight is 594 g/mol. The monoisotopic (exact) mass is 593 g/mol. The molecule has 0 aromatic heterocycles. The highest BCUT2D eigenvalue weighted by Crippen LogP contribution is 2.63. The fraction of sp³-hybridized carbons (Fsp3) is 0.125. The lowest BCUT2D eigenvalue weighted by Crippen LogP contribution is -2.54. The quantitative estimate of drug-likeness (QED) is 0.191. The van der Waals surface area contributed by atoms with Crippen molar-refractivity contribution < 1.29 is 18.8 Å². The molecule has 0 spiro atoms. The van der Waals surface area contributed by atoms with Gasteiger partial charge >= 0.3 is 0 Å². The van der Waals surface area contributed by atoms with Crippen molar-refractivity contribution in [3.63, 3.8) is 0 Å². The first-order valence-electron chi connectivity index (χ1n) is 12.8. The van der Waals surface area contributed by atoms with Crippen molar-refractivity contribution in [1.82, 2.24) is 5.43 Å². The third-order valence-electron chi connectivity index (χ3n) is 8.31. The fourth-order valence-corrected chi connectivity index (χ4v) is 7.02. The molecule has 0 saturated carbocycles. The number of rotatable bonds is 4. The number of halogens is 2. The summed E-state index contributed by atoms with van der Waals surface area (Å²) in [4.78, 5) is 42.4. The lowest BCUT2D eigenvalue weighted by molar-refractivity contribution is -0.122. The highest BCUT2D eigenvalue weighted by Gasteiger charge is 2.68. The first-order valence-corrected chi connectivity index (χ1v) is 13.6. The molecule has 0 unspecified atom stereocenters. The number of anilines is 1. The van der Waals surface area contributed by atoms with Crippen molar-refractivity contribution >= 4 is 45.6 Å². The number of hydrazone groups is 1. The van der Waals surface area contributed by atoms with E-state index in [1.165, 1.54) is 29.2 Å². The number of hydrogen-bond donors (Lipinski definition) is 1. The second-order valence-electron chi connectivity index (χ2n) is 10.2. The van der Waals surface area contributed by atoms with Crippen LogP contribution in [0.15, 0.2) is 107 Å². The van der Waals surface area contributed by atoms with Crippen LogP contribution < -0.4 is 10.3 Å². The van der Waals surface area contributed by atoms with Gasteiger partial charge in [0.25, 0.3) is 5.91 Å². The lowest BCUT2D eigenvalue weighted by atomic mass is 9.47. The molecular formula is C32H21BrFN3O3. The average Bonchev–Trinajstić information content (AvgIpc) is 3.24. The Morgan fingerprint density at radius 3 is 2.08 bits per heavy atom. The molecule has 1 N–H and O–H groups in total. The van der Waals surface area contributed by atoms with Crippen molar-refractivity contribution in [2.24, 2.45) is 16.9 Å². The maximum absolute atomic E-state index is 14.3. The molecule has 3 amide bonds. The van der Waals surface area contributed by atoms with Crippen LogP contribution in [-0.2, 0) is 15.0 Å². The molecule has 4 aliphatic rings. The van der Waals surface area contributed by atoms with E-state index in [1.54, 1.807) is 30.5 Å². The number of nitrogens with zero attached hydrogens (tertiary/aromatic N) is 2. The summed E-state index contributed by atoms with van der Waals surface area (Å²) >= 11 is 3.37. The van der Waals surface area contributed by atoms with Crippen LogP contribution in [0.4, 0.5) is 10.1 Å². The van der Waals surface area contributed by atoms with Crippen LogP contribution in [0.1, 0.15) is 38.5 Å². The summed E-state index contributed by atoms with van der Waals surface area (Å²) < 4.78 is 14.6. The minimum atomic E-state index is -1.11. The maximum atomic E-state index is 14.3. The van der Waals surface area contributed by atoms with Gasteiger partial charge in [-0.1, -0.05) is 64.5 Å². The van der Waals surface area contributed by atoms with Crippen LogP contribution in [-0.4, -0.2) is 23.9 Å². The lowest BCUT2D eigenvalue weighted by Gasteiger charge is -2.52. The summed E-state index contributed by atoms with van der Waals surface area (Å²) in [5.74, 6) is -3.36. The number of nitrogens with one attached hydrogen (secondary N) is 1. The van der Waals surface area contributed by atoms with Crippen molar-refractivity contribution in [2.75, 3.05) is 4.90 Å². The Bertz CT molecular complexity index is 1690. The van der Waals surface area contributed by atoms with E-state index in [-0.39, 0.29) is 17.7 Å². The molecule has 196 valence electrons. The zero-order valence-corrected chi connectivity index (χ0v) is 22.5. The highest BCUT2D eigenvalue weighted by molar-refractivity contribution is 9.10. The van der Waals surface area contributed by atoms with Gasteiger partial charge in [-0.3, -0.25) is 14.4 Å². The Kier molecular flexibility index (Phi) is 5.57. The van der Waals surface area contributed by atoms with Crippen molar-refractivity contribution in [1.29, 1.82) is 0 Å². The second kappa shape index (κ2) is 9.06. The van der Waals surface area contributed by atoms with Gasteiger partial charge in [0, 0.05) is 22.2 Å². The Morgan fingerprint density at radius 2 is 1.45 bits per heavy atom. The van der Waals surface area contributed by atoms with Crippen LogP contribution in [0.5, 0.6) is 0 Å². The molecule has 1 saturated heterocycles. The Balaban J connectivity index is 1.39. The number of carbonyl (C=O) groups is 3. The van der Waals surface area contributed by atoms with Gasteiger partial charge in [-0.15, -0.1) is 0 Å². The molecular weight excluding hydrogens is 573 g/mol.